The van der Waals surface area contributed by atoms with Gasteiger partial charge in [0.1, 0.15) is 0 Å². The van der Waals surface area contributed by atoms with Crippen molar-refractivity contribution in [3.05, 3.63) is 77.1 Å². The first-order valence-corrected chi connectivity index (χ1v) is 8.26. The zero-order valence-electron chi connectivity index (χ0n) is 13.6. The fraction of sp³-hybridized carbons (Fsp3) is 0.200. The van der Waals surface area contributed by atoms with Crippen molar-refractivity contribution in [2.24, 2.45) is 0 Å². The van der Waals surface area contributed by atoms with Crippen LogP contribution in [-0.2, 0) is 12.8 Å². The van der Waals surface area contributed by atoms with Gasteiger partial charge in [0.2, 0.25) is 0 Å². The lowest BCUT2D eigenvalue weighted by molar-refractivity contribution is 0.102. The van der Waals surface area contributed by atoms with Gasteiger partial charge in [0.05, 0.1) is 23.3 Å². The van der Waals surface area contributed by atoms with E-state index in [1.54, 1.807) is 6.20 Å². The summed E-state index contributed by atoms with van der Waals surface area (Å²) in [5, 5.41) is 7.43. The Kier molecular flexibility index (Phi) is 3.65. The monoisotopic (exact) mass is 317 g/mol. The van der Waals surface area contributed by atoms with Crippen molar-refractivity contribution in [3.8, 4) is 5.69 Å². The largest absolute Gasteiger partial charge is 0.319 e. The van der Waals surface area contributed by atoms with Crippen molar-refractivity contribution in [1.82, 2.24) is 9.78 Å². The maximum atomic E-state index is 12.7. The summed E-state index contributed by atoms with van der Waals surface area (Å²) < 4.78 is 1.84. The number of aromatic nitrogens is 2. The van der Waals surface area contributed by atoms with Gasteiger partial charge >= 0.3 is 0 Å². The number of anilines is 1. The number of aryl methyl sites for hydroxylation is 1. The lowest BCUT2D eigenvalue weighted by atomic mass is 10.0. The molecule has 1 aliphatic carbocycles. The van der Waals surface area contributed by atoms with Gasteiger partial charge in [-0.1, -0.05) is 30.3 Å². The molecule has 0 unspecified atom stereocenters. The summed E-state index contributed by atoms with van der Waals surface area (Å²) in [6.07, 6.45) is 4.90. The smallest absolute Gasteiger partial charge is 0.256 e. The van der Waals surface area contributed by atoms with Gasteiger partial charge in [-0.15, -0.1) is 0 Å². The Balaban J connectivity index is 1.62. The average Bonchev–Trinajstić information content (AvgIpc) is 3.22. The van der Waals surface area contributed by atoms with E-state index < -0.39 is 0 Å². The van der Waals surface area contributed by atoms with E-state index in [0.717, 1.165) is 41.9 Å². The lowest BCUT2D eigenvalue weighted by Gasteiger charge is -2.09. The molecule has 0 fully saturated rings. The van der Waals surface area contributed by atoms with Crippen LogP contribution in [0.5, 0.6) is 0 Å². The minimum absolute atomic E-state index is 0.0514. The van der Waals surface area contributed by atoms with Gasteiger partial charge in [0.15, 0.2) is 0 Å². The number of amides is 1. The van der Waals surface area contributed by atoms with E-state index in [4.69, 9.17) is 0 Å². The average molecular weight is 317 g/mol. The highest BCUT2D eigenvalue weighted by Crippen LogP contribution is 2.26. The number of hydrogen-bond donors (Lipinski definition) is 1. The predicted octanol–water partition coefficient (Wildman–Crippen LogP) is 3.92. The molecule has 2 aromatic carbocycles. The van der Waals surface area contributed by atoms with E-state index in [1.807, 2.05) is 54.1 Å². The summed E-state index contributed by atoms with van der Waals surface area (Å²) in [4.78, 5) is 12.7. The molecule has 0 saturated heterocycles. The fourth-order valence-electron chi connectivity index (χ4n) is 3.38. The summed E-state index contributed by atoms with van der Waals surface area (Å²) in [7, 11) is 0. The zero-order valence-corrected chi connectivity index (χ0v) is 13.6. The highest BCUT2D eigenvalue weighted by Gasteiger charge is 2.20. The molecule has 0 atom stereocenters. The van der Waals surface area contributed by atoms with Crippen molar-refractivity contribution < 1.29 is 4.79 Å². The zero-order chi connectivity index (χ0) is 16.5. The van der Waals surface area contributed by atoms with Gasteiger partial charge in [-0.25, -0.2) is 4.68 Å². The molecular formula is C20H19N3O. The predicted molar refractivity (Wildman–Crippen MR) is 94.7 cm³/mol. The normalized spacial score (nSPS) is 12.9. The Labute approximate surface area is 141 Å². The quantitative estimate of drug-likeness (QED) is 0.796. The molecule has 1 N–H and O–H groups in total. The molecule has 4 nitrogen and oxygen atoms in total. The highest BCUT2D eigenvalue weighted by atomic mass is 16.1. The van der Waals surface area contributed by atoms with Gasteiger partial charge in [-0.3, -0.25) is 4.79 Å². The van der Waals surface area contributed by atoms with Gasteiger partial charge in [0.25, 0.3) is 5.91 Å². The summed E-state index contributed by atoms with van der Waals surface area (Å²) in [5.74, 6) is -0.0514. The van der Waals surface area contributed by atoms with Crippen LogP contribution in [0.3, 0.4) is 0 Å². The van der Waals surface area contributed by atoms with Crippen LogP contribution in [0.2, 0.25) is 0 Å². The number of carbonyl (C=O) groups excluding carboxylic acids is 1. The summed E-state index contributed by atoms with van der Waals surface area (Å²) in [5.41, 5.74) is 5.94. The van der Waals surface area contributed by atoms with E-state index in [2.05, 4.69) is 16.5 Å². The maximum Gasteiger partial charge on any atom is 0.256 e. The molecule has 120 valence electrons. The summed E-state index contributed by atoms with van der Waals surface area (Å²) in [6, 6.07) is 15.9. The minimum atomic E-state index is -0.0514. The van der Waals surface area contributed by atoms with E-state index in [-0.39, 0.29) is 5.91 Å². The van der Waals surface area contributed by atoms with Crippen LogP contribution in [0.1, 0.15) is 33.6 Å². The third kappa shape index (κ3) is 2.50. The molecule has 4 heteroatoms. The molecule has 1 amide bonds. The Hall–Kier alpha value is -2.88. The van der Waals surface area contributed by atoms with Gasteiger partial charge in [-0.05, 0) is 55.5 Å². The number of para-hydroxylation sites is 1. The molecule has 1 heterocycles. The van der Waals surface area contributed by atoms with Gasteiger partial charge in [0, 0.05) is 5.56 Å². The molecule has 0 bridgehead atoms. The Morgan fingerprint density at radius 3 is 2.75 bits per heavy atom. The van der Waals surface area contributed by atoms with Crippen molar-refractivity contribution >= 4 is 11.6 Å². The van der Waals surface area contributed by atoms with Crippen molar-refractivity contribution in [2.45, 2.75) is 26.2 Å². The fourth-order valence-corrected chi connectivity index (χ4v) is 3.38. The van der Waals surface area contributed by atoms with Crippen LogP contribution < -0.4 is 5.32 Å². The molecule has 1 aromatic heterocycles. The summed E-state index contributed by atoms with van der Waals surface area (Å²) >= 11 is 0. The standard InChI is InChI=1S/C20H19N3O/c1-14-19(13-21-23(14)16-9-3-2-4-10-16)22-20(24)18-12-6-8-15-7-5-11-17(15)18/h2-4,6,8-10,12-13H,5,7,11H2,1H3,(H,22,24). The third-order valence-electron chi connectivity index (χ3n) is 4.65. The van der Waals surface area contributed by atoms with Gasteiger partial charge in [-0.2, -0.15) is 5.10 Å². The number of fused-ring (bicyclic) bond motifs is 1. The van der Waals surface area contributed by atoms with Crippen LogP contribution in [0.15, 0.2) is 54.7 Å². The van der Waals surface area contributed by atoms with E-state index in [1.165, 1.54) is 11.1 Å². The first kappa shape index (κ1) is 14.7. The van der Waals surface area contributed by atoms with Crippen LogP contribution in [0.4, 0.5) is 5.69 Å². The number of nitrogens with zero attached hydrogens (tertiary/aromatic N) is 2. The highest BCUT2D eigenvalue weighted by molar-refractivity contribution is 6.05. The second-order valence-electron chi connectivity index (χ2n) is 6.14. The van der Waals surface area contributed by atoms with Gasteiger partial charge < -0.3 is 5.32 Å². The molecule has 0 saturated carbocycles. The van der Waals surface area contributed by atoms with Crippen LogP contribution >= 0.6 is 0 Å². The molecule has 1 aliphatic rings. The first-order chi connectivity index (χ1) is 11.7. The molecular weight excluding hydrogens is 298 g/mol. The number of carbonyl (C=O) groups is 1. The Morgan fingerprint density at radius 2 is 1.92 bits per heavy atom. The maximum absolute atomic E-state index is 12.7. The molecule has 0 radical (unpaired) electrons. The Morgan fingerprint density at radius 1 is 1.08 bits per heavy atom. The lowest BCUT2D eigenvalue weighted by Crippen LogP contribution is -2.14. The molecule has 3 aromatic rings. The van der Waals surface area contributed by atoms with Crippen LogP contribution in [0.25, 0.3) is 5.69 Å². The van der Waals surface area contributed by atoms with E-state index in [9.17, 15) is 4.79 Å². The van der Waals surface area contributed by atoms with E-state index >= 15 is 0 Å². The van der Waals surface area contributed by atoms with Crippen LogP contribution in [-0.4, -0.2) is 15.7 Å². The number of benzene rings is 2. The number of nitrogens with one attached hydrogen (secondary N) is 1. The number of rotatable bonds is 3. The van der Waals surface area contributed by atoms with Crippen LogP contribution in [0, 0.1) is 6.92 Å². The van der Waals surface area contributed by atoms with Crippen molar-refractivity contribution in [3.63, 3.8) is 0 Å². The second-order valence-corrected chi connectivity index (χ2v) is 6.14. The summed E-state index contributed by atoms with van der Waals surface area (Å²) in [6.45, 7) is 1.96. The molecule has 24 heavy (non-hydrogen) atoms. The SMILES string of the molecule is Cc1c(NC(=O)c2cccc3c2CCC3)cnn1-c1ccccc1. The second kappa shape index (κ2) is 5.96. The van der Waals surface area contributed by atoms with Crippen molar-refractivity contribution in [2.75, 3.05) is 5.32 Å². The van der Waals surface area contributed by atoms with Crippen molar-refractivity contribution in [1.29, 1.82) is 0 Å². The minimum Gasteiger partial charge on any atom is -0.319 e. The first-order valence-electron chi connectivity index (χ1n) is 8.26. The van der Waals surface area contributed by atoms with E-state index in [0.29, 0.717) is 0 Å². The number of hydrogen-bond acceptors (Lipinski definition) is 2. The molecule has 0 aliphatic heterocycles. The molecule has 0 spiro atoms. The Bertz CT molecular complexity index is 897. The topological polar surface area (TPSA) is 46.9 Å². The molecule has 4 rings (SSSR count). The third-order valence-corrected chi connectivity index (χ3v) is 4.65.